The maximum atomic E-state index is 5.64. The third kappa shape index (κ3) is 2.98. The van der Waals surface area contributed by atoms with E-state index in [9.17, 15) is 0 Å². The van der Waals surface area contributed by atoms with E-state index in [1.807, 2.05) is 17.8 Å². The Balaban J connectivity index is 1.81. The van der Waals surface area contributed by atoms with Crippen LogP contribution >= 0.6 is 0 Å². The van der Waals surface area contributed by atoms with Gasteiger partial charge in [0.15, 0.2) is 0 Å². The molecule has 1 aliphatic heterocycles. The zero-order chi connectivity index (χ0) is 20.0. The number of aryl methyl sites for hydroxylation is 2. The molecule has 0 bridgehead atoms. The maximum absolute atomic E-state index is 5.64. The second kappa shape index (κ2) is 7.00. The SMILES string of the molecule is Cc1ccccc1-c1cc(N2CCOC[C@H]2C)nc2c(-c3ccn[nH]3)nn(C)c12. The summed E-state index contributed by atoms with van der Waals surface area (Å²) < 4.78 is 7.57. The van der Waals surface area contributed by atoms with E-state index in [0.717, 1.165) is 40.3 Å². The summed E-state index contributed by atoms with van der Waals surface area (Å²) in [5.41, 5.74) is 7.15. The second-order valence-electron chi connectivity index (χ2n) is 7.60. The molecule has 1 aliphatic rings. The summed E-state index contributed by atoms with van der Waals surface area (Å²) in [5.74, 6) is 0.959. The first-order valence-corrected chi connectivity index (χ1v) is 9.91. The lowest BCUT2D eigenvalue weighted by molar-refractivity contribution is 0.0986. The monoisotopic (exact) mass is 388 g/mol. The van der Waals surface area contributed by atoms with E-state index in [2.05, 4.69) is 59.3 Å². The van der Waals surface area contributed by atoms with Crippen LogP contribution in [-0.4, -0.2) is 50.8 Å². The van der Waals surface area contributed by atoms with Gasteiger partial charge in [0.2, 0.25) is 0 Å². The number of hydrogen-bond acceptors (Lipinski definition) is 5. The predicted molar refractivity (Wildman–Crippen MR) is 114 cm³/mol. The molecule has 3 aromatic heterocycles. The highest BCUT2D eigenvalue weighted by Crippen LogP contribution is 2.37. The van der Waals surface area contributed by atoms with E-state index in [-0.39, 0.29) is 6.04 Å². The summed E-state index contributed by atoms with van der Waals surface area (Å²) in [4.78, 5) is 7.41. The van der Waals surface area contributed by atoms with Gasteiger partial charge in [-0.15, -0.1) is 0 Å². The van der Waals surface area contributed by atoms with Gasteiger partial charge < -0.3 is 9.64 Å². The van der Waals surface area contributed by atoms with Crippen LogP contribution in [0.2, 0.25) is 0 Å². The molecule has 0 saturated carbocycles. The van der Waals surface area contributed by atoms with Crippen molar-refractivity contribution in [3.05, 3.63) is 48.2 Å². The minimum atomic E-state index is 0.269. The molecule has 0 aliphatic carbocycles. The fourth-order valence-electron chi connectivity index (χ4n) is 4.13. The molecule has 1 fully saturated rings. The number of morpholine rings is 1. The highest BCUT2D eigenvalue weighted by molar-refractivity contribution is 6.00. The highest BCUT2D eigenvalue weighted by atomic mass is 16.5. The van der Waals surface area contributed by atoms with Crippen LogP contribution in [0.5, 0.6) is 0 Å². The number of aromatic nitrogens is 5. The lowest BCUT2D eigenvalue weighted by Gasteiger charge is -2.34. The zero-order valence-corrected chi connectivity index (χ0v) is 16.9. The van der Waals surface area contributed by atoms with Gasteiger partial charge in [0.05, 0.1) is 30.5 Å². The molecule has 148 valence electrons. The molecule has 1 atom stereocenters. The third-order valence-electron chi connectivity index (χ3n) is 5.63. The lowest BCUT2D eigenvalue weighted by Crippen LogP contribution is -2.44. The average molecular weight is 388 g/mol. The number of nitrogens with zero attached hydrogens (tertiary/aromatic N) is 5. The number of ether oxygens (including phenoxy) is 1. The Hall–Kier alpha value is -3.19. The highest BCUT2D eigenvalue weighted by Gasteiger charge is 2.25. The first kappa shape index (κ1) is 17.9. The van der Waals surface area contributed by atoms with Gasteiger partial charge in [-0.3, -0.25) is 9.78 Å². The molecule has 29 heavy (non-hydrogen) atoms. The Bertz CT molecular complexity index is 1160. The van der Waals surface area contributed by atoms with E-state index < -0.39 is 0 Å². The topological polar surface area (TPSA) is 71.9 Å². The third-order valence-corrected chi connectivity index (χ3v) is 5.63. The van der Waals surface area contributed by atoms with Gasteiger partial charge in [-0.05, 0) is 37.1 Å². The quantitative estimate of drug-likeness (QED) is 0.581. The average Bonchev–Trinajstić information content (AvgIpc) is 3.36. The van der Waals surface area contributed by atoms with Crippen molar-refractivity contribution in [3.63, 3.8) is 0 Å². The zero-order valence-electron chi connectivity index (χ0n) is 16.9. The van der Waals surface area contributed by atoms with Gasteiger partial charge in [-0.1, -0.05) is 24.3 Å². The minimum Gasteiger partial charge on any atom is -0.377 e. The smallest absolute Gasteiger partial charge is 0.136 e. The number of pyridine rings is 1. The van der Waals surface area contributed by atoms with E-state index >= 15 is 0 Å². The van der Waals surface area contributed by atoms with Crippen LogP contribution in [0.1, 0.15) is 12.5 Å². The minimum absolute atomic E-state index is 0.269. The van der Waals surface area contributed by atoms with Crippen molar-refractivity contribution in [3.8, 4) is 22.5 Å². The van der Waals surface area contributed by atoms with Crippen LogP contribution in [0.4, 0.5) is 5.82 Å². The molecular formula is C22H24N6O. The number of H-pyrrole nitrogens is 1. The Morgan fingerprint density at radius 1 is 1.17 bits per heavy atom. The summed E-state index contributed by atoms with van der Waals surface area (Å²) in [6.45, 7) is 6.57. The molecule has 0 spiro atoms. The van der Waals surface area contributed by atoms with Gasteiger partial charge in [-0.2, -0.15) is 10.2 Å². The van der Waals surface area contributed by atoms with Gasteiger partial charge in [0.25, 0.3) is 0 Å². The largest absolute Gasteiger partial charge is 0.377 e. The van der Waals surface area contributed by atoms with Crippen LogP contribution in [0.3, 0.4) is 0 Å². The van der Waals surface area contributed by atoms with Crippen molar-refractivity contribution < 1.29 is 4.74 Å². The van der Waals surface area contributed by atoms with Crippen LogP contribution in [0, 0.1) is 6.92 Å². The van der Waals surface area contributed by atoms with Crippen LogP contribution in [-0.2, 0) is 11.8 Å². The Labute approximate surface area is 169 Å². The lowest BCUT2D eigenvalue weighted by atomic mass is 9.99. The summed E-state index contributed by atoms with van der Waals surface area (Å²) in [6.07, 6.45) is 1.74. The first-order chi connectivity index (χ1) is 14.1. The van der Waals surface area contributed by atoms with Crippen molar-refractivity contribution in [1.82, 2.24) is 25.0 Å². The van der Waals surface area contributed by atoms with Crippen molar-refractivity contribution in [2.24, 2.45) is 7.05 Å². The molecule has 7 heteroatoms. The van der Waals surface area contributed by atoms with Crippen molar-refractivity contribution >= 4 is 16.9 Å². The molecule has 4 heterocycles. The van der Waals surface area contributed by atoms with Gasteiger partial charge in [0.1, 0.15) is 17.0 Å². The molecule has 0 unspecified atom stereocenters. The second-order valence-corrected chi connectivity index (χ2v) is 7.60. The molecule has 4 aromatic rings. The van der Waals surface area contributed by atoms with Gasteiger partial charge in [0, 0.05) is 25.4 Å². The normalized spacial score (nSPS) is 17.2. The standard InChI is InChI=1S/C22H24N6O/c1-14-6-4-5-7-16(14)17-12-19(28-10-11-29-13-15(28)2)24-21-20(18-8-9-23-25-18)26-27(3)22(17)21/h4-9,12,15H,10-11,13H2,1-3H3,(H,23,25)/t15-/m1/s1. The molecular weight excluding hydrogens is 364 g/mol. The maximum Gasteiger partial charge on any atom is 0.136 e. The number of fused-ring (bicyclic) bond motifs is 1. The molecule has 1 N–H and O–H groups in total. The summed E-state index contributed by atoms with van der Waals surface area (Å²) >= 11 is 0. The predicted octanol–water partition coefficient (Wildman–Crippen LogP) is 3.56. The van der Waals surface area contributed by atoms with Crippen molar-refractivity contribution in [2.75, 3.05) is 24.7 Å². The van der Waals surface area contributed by atoms with Gasteiger partial charge in [-0.25, -0.2) is 4.98 Å². The molecule has 0 radical (unpaired) electrons. The van der Waals surface area contributed by atoms with E-state index in [1.54, 1.807) is 6.20 Å². The van der Waals surface area contributed by atoms with Crippen LogP contribution in [0.15, 0.2) is 42.6 Å². The Kier molecular flexibility index (Phi) is 4.32. The Morgan fingerprint density at radius 3 is 2.79 bits per heavy atom. The van der Waals surface area contributed by atoms with Crippen LogP contribution in [0.25, 0.3) is 33.5 Å². The van der Waals surface area contributed by atoms with Gasteiger partial charge >= 0.3 is 0 Å². The van der Waals surface area contributed by atoms with E-state index in [1.165, 1.54) is 11.1 Å². The fourth-order valence-corrected chi connectivity index (χ4v) is 4.13. The molecule has 0 amide bonds. The number of nitrogens with one attached hydrogen (secondary N) is 1. The molecule has 5 rings (SSSR count). The molecule has 7 nitrogen and oxygen atoms in total. The summed E-state index contributed by atoms with van der Waals surface area (Å²) in [6, 6.07) is 12.9. The van der Waals surface area contributed by atoms with E-state index in [0.29, 0.717) is 13.2 Å². The number of rotatable bonds is 3. The number of benzene rings is 1. The molecule has 1 saturated heterocycles. The number of hydrogen-bond donors (Lipinski definition) is 1. The Morgan fingerprint density at radius 2 is 2.03 bits per heavy atom. The number of aromatic amines is 1. The summed E-state index contributed by atoms with van der Waals surface area (Å²) in [7, 11) is 1.97. The summed E-state index contributed by atoms with van der Waals surface area (Å²) in [5, 5.41) is 11.9. The fraction of sp³-hybridized carbons (Fsp3) is 0.318. The van der Waals surface area contributed by atoms with Crippen molar-refractivity contribution in [2.45, 2.75) is 19.9 Å². The number of anilines is 1. The van der Waals surface area contributed by atoms with E-state index in [4.69, 9.17) is 14.8 Å². The van der Waals surface area contributed by atoms with Crippen molar-refractivity contribution in [1.29, 1.82) is 0 Å². The molecule has 1 aromatic carbocycles. The van der Waals surface area contributed by atoms with Crippen LogP contribution < -0.4 is 4.90 Å². The first-order valence-electron chi connectivity index (χ1n) is 9.91.